The predicted octanol–water partition coefficient (Wildman–Crippen LogP) is 3.87. The number of hydrogen-bond donors (Lipinski definition) is 2. The van der Waals surface area contributed by atoms with Crippen molar-refractivity contribution in [3.8, 4) is 0 Å². The molecular formula is C23H26F3N5O3. The monoisotopic (exact) mass is 477 g/mol. The van der Waals surface area contributed by atoms with Crippen LogP contribution in [0.1, 0.15) is 56.9 Å². The number of amides is 2. The molecule has 1 unspecified atom stereocenters. The highest BCUT2D eigenvalue weighted by molar-refractivity contribution is 6.01. The summed E-state index contributed by atoms with van der Waals surface area (Å²) >= 11 is 0. The highest BCUT2D eigenvalue weighted by atomic mass is 19.3. The summed E-state index contributed by atoms with van der Waals surface area (Å²) in [5.41, 5.74) is 0.844. The number of imide groups is 1. The first kappa shape index (κ1) is 23.8. The van der Waals surface area contributed by atoms with E-state index in [0.717, 1.165) is 6.92 Å². The number of nitrogens with one attached hydrogen (secondary N) is 2. The number of nitrogens with zero attached hydrogens (tertiary/aromatic N) is 3. The van der Waals surface area contributed by atoms with Crippen LogP contribution in [0.25, 0.3) is 5.57 Å². The van der Waals surface area contributed by atoms with Crippen molar-refractivity contribution >= 4 is 29.1 Å². The van der Waals surface area contributed by atoms with Crippen LogP contribution in [-0.4, -0.2) is 46.6 Å². The Morgan fingerprint density at radius 2 is 2.09 bits per heavy atom. The molecule has 0 spiro atoms. The Hall–Kier alpha value is -3.37. The maximum atomic E-state index is 14.8. The average Bonchev–Trinajstić information content (AvgIpc) is 3.18. The minimum absolute atomic E-state index is 0.0383. The third-order valence-electron chi connectivity index (χ3n) is 6.05. The number of rotatable bonds is 8. The molecule has 2 N–H and O–H groups in total. The number of halogens is 3. The van der Waals surface area contributed by atoms with Gasteiger partial charge in [-0.15, -0.1) is 5.10 Å². The van der Waals surface area contributed by atoms with Gasteiger partial charge in [-0.3, -0.25) is 14.9 Å². The summed E-state index contributed by atoms with van der Waals surface area (Å²) in [7, 11) is 0. The molecule has 4 rings (SSSR count). The SMILES string of the molecule is C=C(CCC(C)(F)F)c1nnc(NC2(C)CN(c3ccc(C4CCC(=O)NC4=O)c(F)c3)C2)o1. The highest BCUT2D eigenvalue weighted by Gasteiger charge is 2.40. The van der Waals surface area contributed by atoms with Crippen molar-refractivity contribution in [1.82, 2.24) is 15.5 Å². The van der Waals surface area contributed by atoms with E-state index in [1.54, 1.807) is 12.1 Å². The molecule has 1 atom stereocenters. The van der Waals surface area contributed by atoms with E-state index in [4.69, 9.17) is 4.42 Å². The first-order chi connectivity index (χ1) is 15.9. The van der Waals surface area contributed by atoms with Crippen molar-refractivity contribution in [2.75, 3.05) is 23.3 Å². The molecule has 0 bridgehead atoms. The van der Waals surface area contributed by atoms with Crippen LogP contribution in [0.3, 0.4) is 0 Å². The molecule has 0 saturated carbocycles. The van der Waals surface area contributed by atoms with Crippen LogP contribution in [0, 0.1) is 5.82 Å². The zero-order chi connectivity index (χ0) is 24.7. The van der Waals surface area contributed by atoms with Crippen molar-refractivity contribution in [3.63, 3.8) is 0 Å². The molecule has 8 nitrogen and oxygen atoms in total. The van der Waals surface area contributed by atoms with E-state index in [1.165, 1.54) is 6.07 Å². The number of anilines is 2. The lowest BCUT2D eigenvalue weighted by Gasteiger charge is -2.49. The summed E-state index contributed by atoms with van der Waals surface area (Å²) in [4.78, 5) is 25.3. The normalized spacial score (nSPS) is 20.0. The van der Waals surface area contributed by atoms with Gasteiger partial charge in [-0.2, -0.15) is 0 Å². The third kappa shape index (κ3) is 5.23. The Balaban J connectivity index is 1.34. The van der Waals surface area contributed by atoms with Gasteiger partial charge in [0.15, 0.2) is 0 Å². The lowest BCUT2D eigenvalue weighted by Crippen LogP contribution is -2.64. The third-order valence-corrected chi connectivity index (χ3v) is 6.05. The zero-order valence-electron chi connectivity index (χ0n) is 19.0. The number of carbonyl (C=O) groups excluding carboxylic acids is 2. The van der Waals surface area contributed by atoms with Crippen LogP contribution in [-0.2, 0) is 9.59 Å². The summed E-state index contributed by atoms with van der Waals surface area (Å²) in [5.74, 6) is -4.68. The molecule has 3 heterocycles. The van der Waals surface area contributed by atoms with E-state index >= 15 is 0 Å². The lowest BCUT2D eigenvalue weighted by molar-refractivity contribution is -0.134. The standard InChI is InChI=1S/C23H26F3N5O3/c1-13(8-9-23(3,25)26)20-29-30-21(34-20)28-22(2)11-31(12-22)14-4-5-15(17(24)10-14)16-6-7-18(32)27-19(16)33/h4-5,10,16H,1,6-9,11-12H2,2-3H3,(H,28,30)(H,27,32,33). The number of aromatic nitrogens is 2. The zero-order valence-corrected chi connectivity index (χ0v) is 19.0. The second-order valence-electron chi connectivity index (χ2n) is 9.34. The summed E-state index contributed by atoms with van der Waals surface area (Å²) < 4.78 is 46.4. The van der Waals surface area contributed by atoms with Crippen LogP contribution in [0.15, 0.2) is 29.2 Å². The number of alkyl halides is 2. The molecule has 1 aromatic heterocycles. The summed E-state index contributed by atoms with van der Waals surface area (Å²) in [5, 5.41) is 13.2. The van der Waals surface area contributed by atoms with Gasteiger partial charge in [-0.1, -0.05) is 17.7 Å². The molecule has 2 aliphatic heterocycles. The van der Waals surface area contributed by atoms with Gasteiger partial charge in [0.05, 0.1) is 11.5 Å². The van der Waals surface area contributed by atoms with Crippen LogP contribution in [0.5, 0.6) is 0 Å². The molecule has 2 amide bonds. The number of benzene rings is 1. The Morgan fingerprint density at radius 1 is 1.35 bits per heavy atom. The fraction of sp³-hybridized carbons (Fsp3) is 0.478. The number of carbonyl (C=O) groups is 2. The van der Waals surface area contributed by atoms with Gasteiger partial charge in [0.1, 0.15) is 5.82 Å². The maximum absolute atomic E-state index is 14.8. The molecule has 182 valence electrons. The first-order valence-electron chi connectivity index (χ1n) is 11.0. The smallest absolute Gasteiger partial charge is 0.316 e. The topological polar surface area (TPSA) is 100 Å². The van der Waals surface area contributed by atoms with Crippen molar-refractivity contribution < 1.29 is 27.2 Å². The Labute approximate surface area is 194 Å². The van der Waals surface area contributed by atoms with Gasteiger partial charge in [0.2, 0.25) is 23.6 Å². The van der Waals surface area contributed by atoms with Crippen LogP contribution >= 0.6 is 0 Å². The number of hydrogen-bond acceptors (Lipinski definition) is 7. The average molecular weight is 477 g/mol. The van der Waals surface area contributed by atoms with Crippen LogP contribution in [0.4, 0.5) is 24.9 Å². The van der Waals surface area contributed by atoms with Crippen molar-refractivity contribution in [3.05, 3.63) is 42.0 Å². The van der Waals surface area contributed by atoms with Gasteiger partial charge in [-0.05, 0) is 38.8 Å². The summed E-state index contributed by atoms with van der Waals surface area (Å²) in [6.45, 7) is 7.56. The molecule has 2 aromatic rings. The quantitative estimate of drug-likeness (QED) is 0.557. The molecule has 0 radical (unpaired) electrons. The van der Waals surface area contributed by atoms with Gasteiger partial charge in [0, 0.05) is 42.8 Å². The van der Waals surface area contributed by atoms with Crippen molar-refractivity contribution in [1.29, 1.82) is 0 Å². The molecule has 11 heteroatoms. The summed E-state index contributed by atoms with van der Waals surface area (Å²) in [6.07, 6.45) is 0.148. The predicted molar refractivity (Wildman–Crippen MR) is 119 cm³/mol. The first-order valence-corrected chi connectivity index (χ1v) is 11.0. The van der Waals surface area contributed by atoms with Crippen LogP contribution < -0.4 is 15.5 Å². The fourth-order valence-corrected chi connectivity index (χ4v) is 4.20. The molecule has 0 aliphatic carbocycles. The highest BCUT2D eigenvalue weighted by Crippen LogP contribution is 2.34. The Kier molecular flexibility index (Phi) is 6.13. The molecule has 34 heavy (non-hydrogen) atoms. The van der Waals surface area contributed by atoms with Gasteiger partial charge in [0.25, 0.3) is 0 Å². The minimum Gasteiger partial charge on any atom is -0.404 e. The van der Waals surface area contributed by atoms with Gasteiger partial charge in [-0.25, -0.2) is 13.2 Å². The van der Waals surface area contributed by atoms with Crippen LogP contribution in [0.2, 0.25) is 0 Å². The van der Waals surface area contributed by atoms with E-state index in [-0.39, 0.29) is 49.1 Å². The van der Waals surface area contributed by atoms with Gasteiger partial charge < -0.3 is 14.6 Å². The number of piperidine rings is 1. The molecule has 2 fully saturated rings. The van der Waals surface area contributed by atoms with Gasteiger partial charge >= 0.3 is 6.01 Å². The van der Waals surface area contributed by atoms with Crippen molar-refractivity contribution in [2.45, 2.75) is 56.9 Å². The largest absolute Gasteiger partial charge is 0.404 e. The minimum atomic E-state index is -2.80. The Bertz CT molecular complexity index is 1120. The second kappa shape index (κ2) is 8.77. The van der Waals surface area contributed by atoms with E-state index in [0.29, 0.717) is 24.4 Å². The Morgan fingerprint density at radius 3 is 2.74 bits per heavy atom. The number of allylic oxidation sites excluding steroid dienone is 1. The van der Waals surface area contributed by atoms with E-state index in [2.05, 4.69) is 27.4 Å². The molecule has 2 aliphatic rings. The van der Waals surface area contributed by atoms with E-state index in [1.807, 2.05) is 11.8 Å². The fourth-order valence-electron chi connectivity index (χ4n) is 4.20. The maximum Gasteiger partial charge on any atom is 0.316 e. The lowest BCUT2D eigenvalue weighted by atomic mass is 9.88. The van der Waals surface area contributed by atoms with E-state index < -0.39 is 29.1 Å². The molecule has 1 aromatic carbocycles. The second-order valence-corrected chi connectivity index (χ2v) is 9.34. The molecular weight excluding hydrogens is 451 g/mol. The van der Waals surface area contributed by atoms with Crippen molar-refractivity contribution in [2.24, 2.45) is 0 Å². The summed E-state index contributed by atoms with van der Waals surface area (Å²) in [6, 6.07) is 4.88. The van der Waals surface area contributed by atoms with E-state index in [9.17, 15) is 22.8 Å². The molecule has 2 saturated heterocycles.